The van der Waals surface area contributed by atoms with Gasteiger partial charge in [-0.05, 0) is 44.6 Å². The quantitative estimate of drug-likeness (QED) is 0.400. The smallest absolute Gasteiger partial charge is 0.218 e. The number of unbranched alkanes of at least 4 members (excludes halogenated alkanes) is 1. The van der Waals surface area contributed by atoms with Crippen LogP contribution in [0.3, 0.4) is 0 Å². The summed E-state index contributed by atoms with van der Waals surface area (Å²) in [6, 6.07) is 5.96. The summed E-state index contributed by atoms with van der Waals surface area (Å²) in [5, 5.41) is 8.25. The molecule has 1 saturated heterocycles. The van der Waals surface area contributed by atoms with E-state index in [1.807, 2.05) is 18.2 Å². The molecular weight excluding hydrogens is 370 g/mol. The number of Topliss-reactive ketones (excluding diaryl/α,β-unsaturated/α-hetero) is 1. The summed E-state index contributed by atoms with van der Waals surface area (Å²) >= 11 is 1.78. The molecule has 0 amide bonds. The van der Waals surface area contributed by atoms with E-state index in [4.69, 9.17) is 0 Å². The van der Waals surface area contributed by atoms with Gasteiger partial charge in [0, 0.05) is 42.2 Å². The van der Waals surface area contributed by atoms with Crippen LogP contribution in [0, 0.1) is 0 Å². The predicted octanol–water partition coefficient (Wildman–Crippen LogP) is 3.52. The minimum atomic E-state index is -0.0124. The SMILES string of the molecule is CN1CCN(CCCCC(=O)c2nnc3ccc(SC(C)(C)C)cc3n2)CC1. The lowest BCUT2D eigenvalue weighted by molar-refractivity contribution is 0.0965. The third-order valence-corrected chi connectivity index (χ3v) is 5.93. The summed E-state index contributed by atoms with van der Waals surface area (Å²) in [4.78, 5) is 23.0. The molecule has 0 spiro atoms. The number of carbonyl (C=O) groups is 1. The van der Waals surface area contributed by atoms with Crippen molar-refractivity contribution >= 4 is 28.6 Å². The first-order valence-electron chi connectivity index (χ1n) is 10.1. The third kappa shape index (κ3) is 6.22. The van der Waals surface area contributed by atoms with Gasteiger partial charge in [-0.1, -0.05) is 20.8 Å². The maximum Gasteiger partial charge on any atom is 0.218 e. The first kappa shape index (κ1) is 21.1. The van der Waals surface area contributed by atoms with E-state index < -0.39 is 0 Å². The monoisotopic (exact) mass is 401 g/mol. The van der Waals surface area contributed by atoms with E-state index in [0.717, 1.165) is 61.5 Å². The van der Waals surface area contributed by atoms with E-state index in [0.29, 0.717) is 6.42 Å². The second-order valence-corrected chi connectivity index (χ2v) is 10.4. The predicted molar refractivity (Wildman–Crippen MR) is 115 cm³/mol. The van der Waals surface area contributed by atoms with Gasteiger partial charge < -0.3 is 9.80 Å². The molecule has 7 heteroatoms. The zero-order valence-electron chi connectivity index (χ0n) is 17.4. The van der Waals surface area contributed by atoms with Crippen LogP contribution >= 0.6 is 11.8 Å². The van der Waals surface area contributed by atoms with E-state index in [1.54, 1.807) is 11.8 Å². The Morgan fingerprint density at radius 2 is 1.82 bits per heavy atom. The normalized spacial score (nSPS) is 16.6. The molecule has 0 atom stereocenters. The van der Waals surface area contributed by atoms with Gasteiger partial charge in [0.05, 0.1) is 5.52 Å². The largest absolute Gasteiger partial charge is 0.304 e. The molecule has 1 aromatic carbocycles. The van der Waals surface area contributed by atoms with Crippen molar-refractivity contribution in [2.75, 3.05) is 39.8 Å². The molecule has 1 aliphatic rings. The molecule has 3 rings (SSSR count). The molecular formula is C21H31N5OS. The minimum Gasteiger partial charge on any atom is -0.304 e. The molecule has 0 aliphatic carbocycles. The molecule has 0 unspecified atom stereocenters. The Morgan fingerprint density at radius 1 is 1.07 bits per heavy atom. The van der Waals surface area contributed by atoms with Gasteiger partial charge in [0.2, 0.25) is 11.6 Å². The Morgan fingerprint density at radius 3 is 2.54 bits per heavy atom. The van der Waals surface area contributed by atoms with Gasteiger partial charge in [0.15, 0.2) is 0 Å². The Bertz CT molecular complexity index is 812. The molecule has 0 saturated carbocycles. The first-order chi connectivity index (χ1) is 13.3. The average molecular weight is 402 g/mol. The van der Waals surface area contributed by atoms with Crippen molar-refractivity contribution in [1.29, 1.82) is 0 Å². The fourth-order valence-electron chi connectivity index (χ4n) is 3.25. The van der Waals surface area contributed by atoms with Gasteiger partial charge in [-0.2, -0.15) is 0 Å². The van der Waals surface area contributed by atoms with Gasteiger partial charge in [-0.3, -0.25) is 4.79 Å². The van der Waals surface area contributed by atoms with Gasteiger partial charge >= 0.3 is 0 Å². The molecule has 1 aromatic heterocycles. The Hall–Kier alpha value is -1.57. The van der Waals surface area contributed by atoms with Crippen LogP contribution in [0.1, 0.15) is 50.7 Å². The van der Waals surface area contributed by atoms with Crippen LogP contribution < -0.4 is 0 Å². The maximum absolute atomic E-state index is 12.5. The zero-order chi connectivity index (χ0) is 20.1. The lowest BCUT2D eigenvalue weighted by Crippen LogP contribution is -2.44. The molecule has 152 valence electrons. The number of aromatic nitrogens is 3. The summed E-state index contributed by atoms with van der Waals surface area (Å²) in [6.45, 7) is 12.1. The summed E-state index contributed by atoms with van der Waals surface area (Å²) in [5.41, 5.74) is 1.47. The van der Waals surface area contributed by atoms with E-state index in [2.05, 4.69) is 52.8 Å². The number of hydrogen-bond donors (Lipinski definition) is 0. The van der Waals surface area contributed by atoms with Crippen molar-refractivity contribution < 1.29 is 4.79 Å². The molecule has 0 radical (unpaired) electrons. The standard InChI is InChI=1S/C21H31N5OS/c1-21(2,3)28-16-8-9-17-18(15-16)22-20(24-23-17)19(27)7-5-6-10-26-13-11-25(4)12-14-26/h8-9,15H,5-7,10-14H2,1-4H3. The number of ketones is 1. The average Bonchev–Trinajstić information content (AvgIpc) is 2.64. The van der Waals surface area contributed by atoms with Crippen LogP contribution in [0.15, 0.2) is 23.1 Å². The van der Waals surface area contributed by atoms with E-state index >= 15 is 0 Å². The highest BCUT2D eigenvalue weighted by Gasteiger charge is 2.16. The van der Waals surface area contributed by atoms with E-state index in [-0.39, 0.29) is 16.4 Å². The van der Waals surface area contributed by atoms with Crippen molar-refractivity contribution in [3.63, 3.8) is 0 Å². The van der Waals surface area contributed by atoms with Crippen LogP contribution in [-0.4, -0.2) is 75.3 Å². The van der Waals surface area contributed by atoms with Gasteiger partial charge in [0.25, 0.3) is 0 Å². The second-order valence-electron chi connectivity index (χ2n) is 8.53. The van der Waals surface area contributed by atoms with Crippen molar-refractivity contribution in [3.8, 4) is 0 Å². The van der Waals surface area contributed by atoms with Crippen LogP contribution in [0.2, 0.25) is 0 Å². The Labute approximate surface area is 172 Å². The summed E-state index contributed by atoms with van der Waals surface area (Å²) in [5.74, 6) is 0.228. The summed E-state index contributed by atoms with van der Waals surface area (Å²) in [6.07, 6.45) is 2.38. The number of hydrogen-bond acceptors (Lipinski definition) is 7. The summed E-state index contributed by atoms with van der Waals surface area (Å²) in [7, 11) is 2.17. The molecule has 6 nitrogen and oxygen atoms in total. The van der Waals surface area contributed by atoms with Crippen LogP contribution in [0.4, 0.5) is 0 Å². The molecule has 1 aliphatic heterocycles. The van der Waals surface area contributed by atoms with Gasteiger partial charge in [0.1, 0.15) is 5.52 Å². The van der Waals surface area contributed by atoms with Gasteiger partial charge in [-0.15, -0.1) is 22.0 Å². The lowest BCUT2D eigenvalue weighted by atomic mass is 10.1. The molecule has 0 N–H and O–H groups in total. The number of thioether (sulfide) groups is 1. The maximum atomic E-state index is 12.5. The van der Waals surface area contributed by atoms with Crippen LogP contribution in [-0.2, 0) is 0 Å². The number of likely N-dealkylation sites (N-methyl/N-ethyl adjacent to an activating group) is 1. The second kappa shape index (κ2) is 9.29. The van der Waals surface area contributed by atoms with Crippen LogP contribution in [0.25, 0.3) is 11.0 Å². The van der Waals surface area contributed by atoms with Gasteiger partial charge in [-0.25, -0.2) is 4.98 Å². The number of fused-ring (bicyclic) bond motifs is 1. The molecule has 28 heavy (non-hydrogen) atoms. The molecule has 2 heterocycles. The van der Waals surface area contributed by atoms with E-state index in [9.17, 15) is 4.79 Å². The minimum absolute atomic E-state index is 0.0124. The number of benzene rings is 1. The number of nitrogens with zero attached hydrogens (tertiary/aromatic N) is 5. The highest BCUT2D eigenvalue weighted by atomic mass is 32.2. The van der Waals surface area contributed by atoms with Crippen molar-refractivity contribution in [1.82, 2.24) is 25.0 Å². The van der Waals surface area contributed by atoms with Crippen molar-refractivity contribution in [3.05, 3.63) is 24.0 Å². The molecule has 1 fully saturated rings. The number of piperazine rings is 1. The molecule has 0 bridgehead atoms. The topological polar surface area (TPSA) is 62.2 Å². The zero-order valence-corrected chi connectivity index (χ0v) is 18.3. The molecule has 2 aromatic rings. The lowest BCUT2D eigenvalue weighted by Gasteiger charge is -2.32. The Kier molecular flexibility index (Phi) is 7.01. The van der Waals surface area contributed by atoms with E-state index in [1.165, 1.54) is 0 Å². The summed E-state index contributed by atoms with van der Waals surface area (Å²) < 4.78 is 0.122. The fraction of sp³-hybridized carbons (Fsp3) is 0.619. The Balaban J connectivity index is 1.54. The van der Waals surface area contributed by atoms with Crippen molar-refractivity contribution in [2.45, 2.75) is 49.7 Å². The highest BCUT2D eigenvalue weighted by Crippen LogP contribution is 2.32. The fourth-order valence-corrected chi connectivity index (χ4v) is 4.27. The first-order valence-corrected chi connectivity index (χ1v) is 10.9. The third-order valence-electron chi connectivity index (χ3n) is 4.82. The van der Waals surface area contributed by atoms with Crippen LogP contribution in [0.5, 0.6) is 0 Å². The number of rotatable bonds is 7. The number of carbonyl (C=O) groups excluding carboxylic acids is 1. The van der Waals surface area contributed by atoms with Crippen molar-refractivity contribution in [2.24, 2.45) is 0 Å². The highest BCUT2D eigenvalue weighted by molar-refractivity contribution is 8.00.